The van der Waals surface area contributed by atoms with Gasteiger partial charge in [-0.25, -0.2) is 5.43 Å². The average Bonchev–Trinajstić information content (AvgIpc) is 3.47. The van der Waals surface area contributed by atoms with Gasteiger partial charge >= 0.3 is 23.6 Å². The number of hydrogen-bond acceptors (Lipinski definition) is 7. The Labute approximate surface area is 204 Å². The zero-order chi connectivity index (χ0) is 24.5. The summed E-state index contributed by atoms with van der Waals surface area (Å²) < 4.78 is 10.8. The maximum absolute atomic E-state index is 12.0. The minimum atomic E-state index is -0.930. The predicted octanol–water partition coefficient (Wildman–Crippen LogP) is 1.59. The summed E-state index contributed by atoms with van der Waals surface area (Å²) in [7, 11) is 0. The number of carbonyl (C=O) groups excluding carboxylic acids is 4. The summed E-state index contributed by atoms with van der Waals surface area (Å²) in [4.78, 5) is 47.5. The van der Waals surface area contributed by atoms with Crippen molar-refractivity contribution in [3.05, 3.63) is 51.9 Å². The number of rotatable bonds is 7. The lowest BCUT2D eigenvalue weighted by Gasteiger charge is -2.09. The van der Waals surface area contributed by atoms with E-state index in [-0.39, 0.29) is 30.6 Å². The molecule has 4 N–H and O–H groups in total. The van der Waals surface area contributed by atoms with E-state index in [1.807, 2.05) is 0 Å². The van der Waals surface area contributed by atoms with Crippen molar-refractivity contribution in [2.45, 2.75) is 25.5 Å². The molecule has 0 radical (unpaired) electrons. The number of ether oxygens (including phenoxy) is 1. The van der Waals surface area contributed by atoms with E-state index in [2.05, 4.69) is 26.5 Å². The lowest BCUT2D eigenvalue weighted by Crippen LogP contribution is -2.41. The zero-order valence-corrected chi connectivity index (χ0v) is 19.2. The minimum Gasteiger partial charge on any atom is -0.458 e. The highest BCUT2D eigenvalue weighted by atomic mass is 35.5. The third-order valence-corrected chi connectivity index (χ3v) is 4.95. The Morgan fingerprint density at radius 1 is 1.00 bits per heavy atom. The zero-order valence-electron chi connectivity index (χ0n) is 17.7. The standard InChI is InChI=1S/C21H21Cl2N5O6/c22-12-6-13(23)8-14(7-12)27-20(31)18(29)25-10-16-3-4-17(34-16)11-26-28-21(32)19(30)24-9-15-2-1-5-33-15/h3-4,6-8,11,15H,1-2,5,9-10H2,(H,24,30)(H,25,29)(H,27,31)(H,28,32)/b26-11+/t15-/m1/s1. The number of carbonyl (C=O) groups is 4. The van der Waals surface area contributed by atoms with Gasteiger partial charge in [-0.2, -0.15) is 5.10 Å². The molecule has 0 aliphatic carbocycles. The maximum Gasteiger partial charge on any atom is 0.329 e. The van der Waals surface area contributed by atoms with Gasteiger partial charge in [0.1, 0.15) is 11.5 Å². The first-order valence-electron chi connectivity index (χ1n) is 10.2. The number of benzene rings is 1. The summed E-state index contributed by atoms with van der Waals surface area (Å²) in [6.45, 7) is 0.833. The molecule has 11 nitrogen and oxygen atoms in total. The Bertz CT molecular complexity index is 1080. The Balaban J connectivity index is 1.39. The molecule has 0 spiro atoms. The largest absolute Gasteiger partial charge is 0.458 e. The summed E-state index contributed by atoms with van der Waals surface area (Å²) in [5, 5.41) is 11.5. The number of amides is 4. The molecule has 180 valence electrons. The van der Waals surface area contributed by atoms with E-state index in [0.29, 0.717) is 22.4 Å². The van der Waals surface area contributed by atoms with Crippen LogP contribution in [0.15, 0.2) is 39.9 Å². The second-order valence-electron chi connectivity index (χ2n) is 7.14. The lowest BCUT2D eigenvalue weighted by molar-refractivity contribution is -0.139. The van der Waals surface area contributed by atoms with Gasteiger partial charge in [0, 0.05) is 28.9 Å². The molecule has 2 aromatic rings. The molecule has 4 amide bonds. The number of nitrogens with zero attached hydrogens (tertiary/aromatic N) is 1. The molecule has 34 heavy (non-hydrogen) atoms. The first-order valence-corrected chi connectivity index (χ1v) is 10.9. The summed E-state index contributed by atoms with van der Waals surface area (Å²) in [5.74, 6) is -2.98. The van der Waals surface area contributed by atoms with Gasteiger partial charge in [0.15, 0.2) is 0 Å². The third-order valence-electron chi connectivity index (χ3n) is 4.51. The van der Waals surface area contributed by atoms with E-state index in [9.17, 15) is 19.2 Å². The van der Waals surface area contributed by atoms with E-state index >= 15 is 0 Å². The highest BCUT2D eigenvalue weighted by Gasteiger charge is 2.19. The molecule has 1 atom stereocenters. The number of hydrogen-bond donors (Lipinski definition) is 4. The molecule has 1 aliphatic rings. The van der Waals surface area contributed by atoms with Gasteiger partial charge in [0.05, 0.1) is 18.9 Å². The topological polar surface area (TPSA) is 151 Å². The van der Waals surface area contributed by atoms with Gasteiger partial charge < -0.3 is 25.1 Å². The van der Waals surface area contributed by atoms with Gasteiger partial charge in [0.2, 0.25) is 0 Å². The van der Waals surface area contributed by atoms with Gasteiger partial charge in [-0.3, -0.25) is 19.2 Å². The Hall–Kier alpha value is -3.41. The van der Waals surface area contributed by atoms with Crippen molar-refractivity contribution in [1.82, 2.24) is 16.1 Å². The van der Waals surface area contributed by atoms with E-state index in [1.54, 1.807) is 6.07 Å². The number of furan rings is 1. The molecule has 0 saturated carbocycles. The molecule has 1 aliphatic heterocycles. The van der Waals surface area contributed by atoms with E-state index < -0.39 is 23.6 Å². The smallest absolute Gasteiger partial charge is 0.329 e. The first kappa shape index (κ1) is 25.2. The number of nitrogens with one attached hydrogen (secondary N) is 4. The quantitative estimate of drug-likeness (QED) is 0.252. The van der Waals surface area contributed by atoms with Crippen LogP contribution >= 0.6 is 23.2 Å². The summed E-state index contributed by atoms with van der Waals surface area (Å²) in [6.07, 6.45) is 2.87. The van der Waals surface area contributed by atoms with Crippen molar-refractivity contribution in [1.29, 1.82) is 0 Å². The predicted molar refractivity (Wildman–Crippen MR) is 123 cm³/mol. The summed E-state index contributed by atoms with van der Waals surface area (Å²) in [5.41, 5.74) is 2.36. The van der Waals surface area contributed by atoms with Crippen LogP contribution in [0.25, 0.3) is 0 Å². The minimum absolute atomic E-state index is 0.0750. The monoisotopic (exact) mass is 509 g/mol. The van der Waals surface area contributed by atoms with Crippen molar-refractivity contribution >= 4 is 58.7 Å². The van der Waals surface area contributed by atoms with Crippen molar-refractivity contribution in [2.24, 2.45) is 5.10 Å². The number of anilines is 1. The number of hydrazone groups is 1. The Morgan fingerprint density at radius 3 is 2.44 bits per heavy atom. The third kappa shape index (κ3) is 7.87. The second-order valence-corrected chi connectivity index (χ2v) is 8.02. The van der Waals surface area contributed by atoms with Gasteiger partial charge in [0.25, 0.3) is 0 Å². The summed E-state index contributed by atoms with van der Waals surface area (Å²) >= 11 is 11.7. The highest BCUT2D eigenvalue weighted by Crippen LogP contribution is 2.22. The van der Waals surface area contributed by atoms with Crippen LogP contribution in [0.3, 0.4) is 0 Å². The molecular weight excluding hydrogens is 489 g/mol. The first-order chi connectivity index (χ1) is 16.3. The molecule has 0 unspecified atom stereocenters. The van der Waals surface area contributed by atoms with Gasteiger partial charge in [-0.15, -0.1) is 0 Å². The van der Waals surface area contributed by atoms with Crippen LogP contribution in [0.5, 0.6) is 0 Å². The molecule has 1 fully saturated rings. The van der Waals surface area contributed by atoms with Gasteiger partial charge in [-0.1, -0.05) is 23.2 Å². The van der Waals surface area contributed by atoms with Crippen molar-refractivity contribution in [3.8, 4) is 0 Å². The second kappa shape index (κ2) is 12.2. The molecule has 1 aromatic heterocycles. The fraction of sp³-hybridized carbons (Fsp3) is 0.286. The van der Waals surface area contributed by atoms with Crippen LogP contribution in [-0.4, -0.2) is 49.1 Å². The van der Waals surface area contributed by atoms with Crippen LogP contribution in [0.1, 0.15) is 24.4 Å². The van der Waals surface area contributed by atoms with Crippen molar-refractivity contribution < 1.29 is 28.3 Å². The Morgan fingerprint density at radius 2 is 1.74 bits per heavy atom. The number of halogens is 2. The maximum atomic E-state index is 12.0. The van der Waals surface area contributed by atoms with E-state index in [4.69, 9.17) is 32.4 Å². The highest BCUT2D eigenvalue weighted by molar-refractivity contribution is 6.40. The van der Waals surface area contributed by atoms with E-state index in [1.165, 1.54) is 30.5 Å². The normalized spacial score (nSPS) is 15.2. The van der Waals surface area contributed by atoms with Crippen LogP contribution in [0.4, 0.5) is 5.69 Å². The van der Waals surface area contributed by atoms with Crippen LogP contribution < -0.4 is 21.4 Å². The molecular formula is C21H21Cl2N5O6. The SMILES string of the molecule is O=C(NC[C@H]1CCCO1)C(=O)N/N=C/c1ccc(CNC(=O)C(=O)Nc2cc(Cl)cc(Cl)c2)o1. The fourth-order valence-electron chi connectivity index (χ4n) is 2.92. The molecule has 2 heterocycles. The molecule has 1 saturated heterocycles. The van der Waals surface area contributed by atoms with Crippen LogP contribution in [0, 0.1) is 0 Å². The fourth-order valence-corrected chi connectivity index (χ4v) is 3.44. The van der Waals surface area contributed by atoms with Crippen LogP contribution in [0.2, 0.25) is 10.0 Å². The Kier molecular flexibility index (Phi) is 9.02. The summed E-state index contributed by atoms with van der Waals surface area (Å²) in [6, 6.07) is 7.46. The molecule has 0 bridgehead atoms. The van der Waals surface area contributed by atoms with Gasteiger partial charge in [-0.05, 0) is 43.2 Å². The van der Waals surface area contributed by atoms with Crippen molar-refractivity contribution in [2.75, 3.05) is 18.5 Å². The van der Waals surface area contributed by atoms with E-state index in [0.717, 1.165) is 12.8 Å². The molecule has 13 heteroatoms. The average molecular weight is 510 g/mol. The molecule has 1 aromatic carbocycles. The van der Waals surface area contributed by atoms with Crippen LogP contribution in [-0.2, 0) is 30.5 Å². The van der Waals surface area contributed by atoms with Crippen molar-refractivity contribution in [3.63, 3.8) is 0 Å². The molecule has 3 rings (SSSR count). The lowest BCUT2D eigenvalue weighted by atomic mass is 10.2.